The summed E-state index contributed by atoms with van der Waals surface area (Å²) in [5.41, 5.74) is 4.58. The molecular weight excluding hydrogens is 332 g/mol. The Morgan fingerprint density at radius 1 is 0.926 bits per heavy atom. The maximum Gasteiger partial charge on any atom is 0.144 e. The van der Waals surface area contributed by atoms with E-state index in [0.717, 1.165) is 23.5 Å². The van der Waals surface area contributed by atoms with Crippen LogP contribution in [0.25, 0.3) is 16.7 Å². The van der Waals surface area contributed by atoms with E-state index in [9.17, 15) is 0 Å². The molecule has 0 spiro atoms. The third-order valence-corrected chi connectivity index (χ3v) is 4.60. The summed E-state index contributed by atoms with van der Waals surface area (Å²) >= 11 is 0. The maximum absolute atomic E-state index is 5.92. The van der Waals surface area contributed by atoms with Crippen LogP contribution in [0.1, 0.15) is 25.1 Å². The second-order valence-electron chi connectivity index (χ2n) is 7.25. The lowest BCUT2D eigenvalue weighted by molar-refractivity contribution is 0.306. The number of benzene rings is 2. The number of pyridine rings is 1. The lowest BCUT2D eigenvalue weighted by Gasteiger charge is -2.13. The van der Waals surface area contributed by atoms with Crippen LogP contribution >= 0.6 is 0 Å². The van der Waals surface area contributed by atoms with Crippen molar-refractivity contribution >= 4 is 11.0 Å². The molecule has 3 heteroatoms. The van der Waals surface area contributed by atoms with Crippen LogP contribution in [0.3, 0.4) is 0 Å². The van der Waals surface area contributed by atoms with Gasteiger partial charge in [0.1, 0.15) is 18.0 Å². The highest BCUT2D eigenvalue weighted by atomic mass is 16.5. The van der Waals surface area contributed by atoms with Gasteiger partial charge >= 0.3 is 0 Å². The van der Waals surface area contributed by atoms with E-state index in [1.807, 2.05) is 42.6 Å². The number of hydrogen-bond donors (Lipinski definition) is 0. The molecule has 27 heavy (non-hydrogen) atoms. The van der Waals surface area contributed by atoms with Crippen LogP contribution < -0.4 is 4.74 Å². The van der Waals surface area contributed by atoms with E-state index in [0.29, 0.717) is 12.5 Å². The van der Waals surface area contributed by atoms with Crippen molar-refractivity contribution in [3.63, 3.8) is 0 Å². The first kappa shape index (κ1) is 17.3. The van der Waals surface area contributed by atoms with Gasteiger partial charge in [-0.15, -0.1) is 0 Å². The zero-order chi connectivity index (χ0) is 18.6. The fourth-order valence-corrected chi connectivity index (χ4v) is 3.38. The SMILES string of the molecule is CC(C)Cc1cc2cccnc2n1-c1ccc(OCc2ccccc2)cc1. The second kappa shape index (κ2) is 7.67. The molecule has 2 aromatic carbocycles. The summed E-state index contributed by atoms with van der Waals surface area (Å²) in [7, 11) is 0. The van der Waals surface area contributed by atoms with Crippen LogP contribution in [0.5, 0.6) is 5.75 Å². The van der Waals surface area contributed by atoms with Crippen LogP contribution in [-0.4, -0.2) is 9.55 Å². The summed E-state index contributed by atoms with van der Waals surface area (Å²) in [4.78, 5) is 4.62. The first-order valence-electron chi connectivity index (χ1n) is 9.43. The van der Waals surface area contributed by atoms with E-state index in [1.54, 1.807) is 0 Å². The van der Waals surface area contributed by atoms with Crippen molar-refractivity contribution in [2.24, 2.45) is 5.92 Å². The zero-order valence-corrected chi connectivity index (χ0v) is 15.8. The van der Waals surface area contributed by atoms with E-state index in [1.165, 1.54) is 16.6 Å². The van der Waals surface area contributed by atoms with Gasteiger partial charge in [-0.05, 0) is 60.4 Å². The Bertz CT molecular complexity index is 1020. The highest BCUT2D eigenvalue weighted by Gasteiger charge is 2.12. The van der Waals surface area contributed by atoms with Gasteiger partial charge in [0.25, 0.3) is 0 Å². The first-order chi connectivity index (χ1) is 13.2. The van der Waals surface area contributed by atoms with E-state index in [4.69, 9.17) is 4.74 Å². The lowest BCUT2D eigenvalue weighted by atomic mass is 10.1. The predicted molar refractivity (Wildman–Crippen MR) is 110 cm³/mol. The smallest absolute Gasteiger partial charge is 0.144 e. The standard InChI is InChI=1S/C24H24N2O/c1-18(2)15-22-16-20-9-6-14-25-24(20)26(22)21-10-12-23(13-11-21)27-17-19-7-4-3-5-8-19/h3-14,16,18H,15,17H2,1-2H3. The van der Waals surface area contributed by atoms with Crippen molar-refractivity contribution in [2.75, 3.05) is 0 Å². The molecule has 0 atom stereocenters. The van der Waals surface area contributed by atoms with Crippen LogP contribution in [-0.2, 0) is 13.0 Å². The Balaban J connectivity index is 1.61. The van der Waals surface area contributed by atoms with Gasteiger partial charge < -0.3 is 4.74 Å². The normalized spacial score (nSPS) is 11.2. The van der Waals surface area contributed by atoms with Crippen LogP contribution in [0.15, 0.2) is 79.0 Å². The van der Waals surface area contributed by atoms with Gasteiger partial charge in [0.15, 0.2) is 0 Å². The minimum atomic E-state index is 0.576. The summed E-state index contributed by atoms with van der Waals surface area (Å²) in [6, 6.07) is 24.9. The molecule has 0 aliphatic carbocycles. The van der Waals surface area contributed by atoms with Gasteiger partial charge in [-0.1, -0.05) is 44.2 Å². The van der Waals surface area contributed by atoms with E-state index in [2.05, 4.69) is 59.8 Å². The average molecular weight is 356 g/mol. The molecule has 3 nitrogen and oxygen atoms in total. The minimum absolute atomic E-state index is 0.576. The topological polar surface area (TPSA) is 27.1 Å². The molecule has 4 rings (SSSR count). The summed E-state index contributed by atoms with van der Waals surface area (Å²) in [6.45, 7) is 5.07. The molecule has 4 aromatic rings. The van der Waals surface area contributed by atoms with Gasteiger partial charge in [-0.3, -0.25) is 4.57 Å². The molecule has 0 radical (unpaired) electrons. The van der Waals surface area contributed by atoms with Gasteiger partial charge in [-0.2, -0.15) is 0 Å². The lowest BCUT2D eigenvalue weighted by Crippen LogP contribution is -2.04. The minimum Gasteiger partial charge on any atom is -0.489 e. The van der Waals surface area contributed by atoms with Gasteiger partial charge in [-0.25, -0.2) is 4.98 Å². The number of hydrogen-bond acceptors (Lipinski definition) is 2. The third kappa shape index (κ3) is 3.87. The van der Waals surface area contributed by atoms with Crippen molar-refractivity contribution in [3.8, 4) is 11.4 Å². The molecule has 2 heterocycles. The van der Waals surface area contributed by atoms with Crippen molar-refractivity contribution < 1.29 is 4.74 Å². The Morgan fingerprint density at radius 2 is 1.70 bits per heavy atom. The second-order valence-corrected chi connectivity index (χ2v) is 7.25. The van der Waals surface area contributed by atoms with Crippen molar-refractivity contribution in [1.29, 1.82) is 0 Å². The molecule has 136 valence electrons. The van der Waals surface area contributed by atoms with Crippen LogP contribution in [0, 0.1) is 5.92 Å². The molecule has 2 aromatic heterocycles. The molecule has 0 amide bonds. The number of fused-ring (bicyclic) bond motifs is 1. The zero-order valence-electron chi connectivity index (χ0n) is 15.8. The highest BCUT2D eigenvalue weighted by molar-refractivity contribution is 5.79. The Labute approximate surface area is 160 Å². The summed E-state index contributed by atoms with van der Waals surface area (Å²) < 4.78 is 8.18. The molecule has 0 N–H and O–H groups in total. The van der Waals surface area contributed by atoms with Gasteiger partial charge in [0.05, 0.1) is 0 Å². The maximum atomic E-state index is 5.92. The molecule has 0 aliphatic heterocycles. The quantitative estimate of drug-likeness (QED) is 0.436. The Hall–Kier alpha value is -3.07. The largest absolute Gasteiger partial charge is 0.489 e. The molecule has 0 bridgehead atoms. The molecule has 0 saturated heterocycles. The molecule has 0 unspecified atom stereocenters. The van der Waals surface area contributed by atoms with Crippen molar-refractivity contribution in [1.82, 2.24) is 9.55 Å². The fraction of sp³-hybridized carbons (Fsp3) is 0.208. The van der Waals surface area contributed by atoms with Crippen molar-refractivity contribution in [3.05, 3.63) is 90.3 Å². The molecule has 0 fully saturated rings. The number of rotatable bonds is 6. The Morgan fingerprint density at radius 3 is 2.44 bits per heavy atom. The van der Waals surface area contributed by atoms with Crippen molar-refractivity contribution in [2.45, 2.75) is 26.9 Å². The van der Waals surface area contributed by atoms with E-state index in [-0.39, 0.29) is 0 Å². The first-order valence-corrected chi connectivity index (χ1v) is 9.43. The highest BCUT2D eigenvalue weighted by Crippen LogP contribution is 2.26. The van der Waals surface area contributed by atoms with Crippen LogP contribution in [0.4, 0.5) is 0 Å². The number of ether oxygens (including phenoxy) is 1. The molecule has 0 saturated carbocycles. The summed E-state index contributed by atoms with van der Waals surface area (Å²) in [5.74, 6) is 1.46. The monoisotopic (exact) mass is 356 g/mol. The third-order valence-electron chi connectivity index (χ3n) is 4.60. The summed E-state index contributed by atoms with van der Waals surface area (Å²) in [6.07, 6.45) is 2.87. The fourth-order valence-electron chi connectivity index (χ4n) is 3.38. The average Bonchev–Trinajstić information content (AvgIpc) is 3.04. The molecular formula is C24H24N2O. The van der Waals surface area contributed by atoms with Crippen LogP contribution in [0.2, 0.25) is 0 Å². The molecule has 0 aliphatic rings. The number of nitrogens with zero attached hydrogens (tertiary/aromatic N) is 2. The summed E-state index contributed by atoms with van der Waals surface area (Å²) in [5, 5.41) is 1.18. The van der Waals surface area contributed by atoms with Gasteiger partial charge in [0.2, 0.25) is 0 Å². The van der Waals surface area contributed by atoms with E-state index >= 15 is 0 Å². The van der Waals surface area contributed by atoms with Gasteiger partial charge in [0, 0.05) is 23.0 Å². The van der Waals surface area contributed by atoms with E-state index < -0.39 is 0 Å². The Kier molecular flexibility index (Phi) is 4.93. The number of aromatic nitrogens is 2. The predicted octanol–water partition coefficient (Wildman–Crippen LogP) is 5.80.